The Balaban J connectivity index is 2.06. The van der Waals surface area contributed by atoms with E-state index in [1.807, 2.05) is 12.1 Å². The first-order valence-corrected chi connectivity index (χ1v) is 6.24. The zero-order valence-electron chi connectivity index (χ0n) is 10.6. The lowest BCUT2D eigenvalue weighted by Crippen LogP contribution is -2.27. The van der Waals surface area contributed by atoms with Crippen molar-refractivity contribution in [1.29, 1.82) is 0 Å². The van der Waals surface area contributed by atoms with E-state index in [2.05, 4.69) is 4.74 Å². The molecule has 0 radical (unpaired) electrons. The highest BCUT2D eigenvalue weighted by Crippen LogP contribution is 2.28. The van der Waals surface area contributed by atoms with E-state index in [9.17, 15) is 4.79 Å². The van der Waals surface area contributed by atoms with Crippen LogP contribution in [-0.4, -0.2) is 26.3 Å². The molecule has 2 rings (SSSR count). The van der Waals surface area contributed by atoms with Crippen molar-refractivity contribution in [2.24, 2.45) is 11.7 Å². The lowest BCUT2D eigenvalue weighted by Gasteiger charge is -2.27. The number of hydrogen-bond acceptors (Lipinski definition) is 4. The number of carbonyl (C=O) groups excluding carboxylic acids is 1. The lowest BCUT2D eigenvalue weighted by atomic mass is 9.87. The SMILES string of the molecule is COC(=O)c1ccc([C@@H](N)C2CCOCC2)cc1. The van der Waals surface area contributed by atoms with Crippen LogP contribution in [0.2, 0.25) is 0 Å². The standard InChI is InChI=1S/C14H19NO3/c1-17-14(16)12-4-2-10(3-5-12)13(15)11-6-8-18-9-7-11/h2-5,11,13H,6-9,15H2,1H3/t13-/m1/s1. The predicted molar refractivity (Wildman–Crippen MR) is 68.3 cm³/mol. The number of nitrogens with two attached hydrogens (primary N) is 1. The first-order valence-electron chi connectivity index (χ1n) is 6.24. The maximum atomic E-state index is 11.3. The van der Waals surface area contributed by atoms with Gasteiger partial charge in [-0.3, -0.25) is 0 Å². The van der Waals surface area contributed by atoms with Gasteiger partial charge >= 0.3 is 5.97 Å². The summed E-state index contributed by atoms with van der Waals surface area (Å²) in [6, 6.07) is 7.36. The molecule has 0 amide bonds. The summed E-state index contributed by atoms with van der Waals surface area (Å²) in [6.07, 6.45) is 2.00. The minimum absolute atomic E-state index is 0.0144. The van der Waals surface area contributed by atoms with E-state index in [4.69, 9.17) is 10.5 Å². The van der Waals surface area contributed by atoms with Crippen molar-refractivity contribution in [3.63, 3.8) is 0 Å². The highest BCUT2D eigenvalue weighted by Gasteiger charge is 2.22. The van der Waals surface area contributed by atoms with E-state index in [1.165, 1.54) is 7.11 Å². The summed E-state index contributed by atoms with van der Waals surface area (Å²) in [7, 11) is 1.38. The van der Waals surface area contributed by atoms with Crippen molar-refractivity contribution in [3.05, 3.63) is 35.4 Å². The normalized spacial score (nSPS) is 18.3. The maximum absolute atomic E-state index is 11.3. The van der Waals surface area contributed by atoms with E-state index in [-0.39, 0.29) is 12.0 Å². The van der Waals surface area contributed by atoms with Crippen molar-refractivity contribution in [3.8, 4) is 0 Å². The highest BCUT2D eigenvalue weighted by atomic mass is 16.5. The summed E-state index contributed by atoms with van der Waals surface area (Å²) in [5, 5.41) is 0. The van der Waals surface area contributed by atoms with E-state index < -0.39 is 0 Å². The Morgan fingerprint density at radius 2 is 1.94 bits per heavy atom. The summed E-state index contributed by atoms with van der Waals surface area (Å²) in [5.41, 5.74) is 7.88. The number of rotatable bonds is 3. The molecule has 1 atom stereocenters. The lowest BCUT2D eigenvalue weighted by molar-refractivity contribution is 0.0583. The molecule has 4 nitrogen and oxygen atoms in total. The third-order valence-electron chi connectivity index (χ3n) is 3.49. The summed E-state index contributed by atoms with van der Waals surface area (Å²) in [5.74, 6) is 0.143. The van der Waals surface area contributed by atoms with Gasteiger partial charge in [-0.2, -0.15) is 0 Å². The average molecular weight is 249 g/mol. The molecule has 0 saturated carbocycles. The number of methoxy groups -OCH3 is 1. The first kappa shape index (κ1) is 13.1. The Bertz CT molecular complexity index is 396. The number of ether oxygens (including phenoxy) is 2. The van der Waals surface area contributed by atoms with Crippen molar-refractivity contribution < 1.29 is 14.3 Å². The van der Waals surface area contributed by atoms with E-state index >= 15 is 0 Å². The van der Waals surface area contributed by atoms with Gasteiger partial charge in [0.25, 0.3) is 0 Å². The van der Waals surface area contributed by atoms with E-state index in [0.717, 1.165) is 31.6 Å². The monoisotopic (exact) mass is 249 g/mol. The zero-order chi connectivity index (χ0) is 13.0. The van der Waals surface area contributed by atoms with E-state index in [0.29, 0.717) is 11.5 Å². The van der Waals surface area contributed by atoms with Gasteiger partial charge in [0.1, 0.15) is 0 Å². The van der Waals surface area contributed by atoms with Crippen LogP contribution in [0.5, 0.6) is 0 Å². The van der Waals surface area contributed by atoms with Crippen LogP contribution in [0.25, 0.3) is 0 Å². The fraction of sp³-hybridized carbons (Fsp3) is 0.500. The molecule has 1 aromatic carbocycles. The molecular formula is C14H19NO3. The Morgan fingerprint density at radius 3 is 2.50 bits per heavy atom. The number of hydrogen-bond donors (Lipinski definition) is 1. The summed E-state index contributed by atoms with van der Waals surface area (Å²) in [4.78, 5) is 11.3. The number of carbonyl (C=O) groups is 1. The van der Waals surface area contributed by atoms with Gasteiger partial charge in [-0.15, -0.1) is 0 Å². The van der Waals surface area contributed by atoms with Crippen LogP contribution in [0.1, 0.15) is 34.8 Å². The average Bonchev–Trinajstić information content (AvgIpc) is 2.47. The minimum Gasteiger partial charge on any atom is -0.465 e. The predicted octanol–water partition coefficient (Wildman–Crippen LogP) is 1.90. The Labute approximate surface area is 107 Å². The fourth-order valence-corrected chi connectivity index (χ4v) is 2.31. The molecule has 2 N–H and O–H groups in total. The fourth-order valence-electron chi connectivity index (χ4n) is 2.31. The van der Waals surface area contributed by atoms with Gasteiger partial charge in [-0.05, 0) is 36.5 Å². The molecule has 1 aliphatic rings. The molecule has 18 heavy (non-hydrogen) atoms. The second kappa shape index (κ2) is 5.98. The second-order valence-electron chi connectivity index (χ2n) is 4.59. The van der Waals surface area contributed by atoms with Gasteiger partial charge in [0.15, 0.2) is 0 Å². The van der Waals surface area contributed by atoms with Crippen LogP contribution >= 0.6 is 0 Å². The Hall–Kier alpha value is -1.39. The van der Waals surface area contributed by atoms with Gasteiger partial charge in [-0.1, -0.05) is 12.1 Å². The van der Waals surface area contributed by atoms with Crippen LogP contribution in [0.4, 0.5) is 0 Å². The third kappa shape index (κ3) is 2.89. The molecule has 1 heterocycles. The van der Waals surface area contributed by atoms with E-state index in [1.54, 1.807) is 12.1 Å². The molecule has 1 aromatic rings. The van der Waals surface area contributed by atoms with Crippen LogP contribution in [0, 0.1) is 5.92 Å². The van der Waals surface area contributed by atoms with Crippen LogP contribution in [-0.2, 0) is 9.47 Å². The van der Waals surface area contributed by atoms with Gasteiger partial charge < -0.3 is 15.2 Å². The van der Waals surface area contributed by atoms with Gasteiger partial charge in [0.05, 0.1) is 12.7 Å². The zero-order valence-corrected chi connectivity index (χ0v) is 10.6. The number of benzene rings is 1. The van der Waals surface area contributed by atoms with Crippen LogP contribution in [0.15, 0.2) is 24.3 Å². The molecule has 1 saturated heterocycles. The molecule has 0 aliphatic carbocycles. The summed E-state index contributed by atoms with van der Waals surface area (Å²) in [6.45, 7) is 1.58. The number of esters is 1. The molecule has 98 valence electrons. The maximum Gasteiger partial charge on any atom is 0.337 e. The van der Waals surface area contributed by atoms with Gasteiger partial charge in [0.2, 0.25) is 0 Å². The molecule has 0 bridgehead atoms. The molecule has 1 aliphatic heterocycles. The van der Waals surface area contributed by atoms with Crippen molar-refractivity contribution in [2.75, 3.05) is 20.3 Å². The topological polar surface area (TPSA) is 61.5 Å². The summed E-state index contributed by atoms with van der Waals surface area (Å²) >= 11 is 0. The molecule has 1 fully saturated rings. The van der Waals surface area contributed by atoms with Crippen molar-refractivity contribution >= 4 is 5.97 Å². The first-order chi connectivity index (χ1) is 8.72. The smallest absolute Gasteiger partial charge is 0.337 e. The molecule has 4 heteroatoms. The second-order valence-corrected chi connectivity index (χ2v) is 4.59. The summed E-state index contributed by atoms with van der Waals surface area (Å²) < 4.78 is 10.0. The van der Waals surface area contributed by atoms with Crippen molar-refractivity contribution in [1.82, 2.24) is 0 Å². The largest absolute Gasteiger partial charge is 0.465 e. The van der Waals surface area contributed by atoms with Gasteiger partial charge in [-0.25, -0.2) is 4.79 Å². The van der Waals surface area contributed by atoms with Crippen LogP contribution < -0.4 is 5.73 Å². The molecule has 0 spiro atoms. The van der Waals surface area contributed by atoms with Gasteiger partial charge in [0, 0.05) is 19.3 Å². The minimum atomic E-state index is -0.318. The Morgan fingerprint density at radius 1 is 1.33 bits per heavy atom. The molecule has 0 unspecified atom stereocenters. The highest BCUT2D eigenvalue weighted by molar-refractivity contribution is 5.89. The van der Waals surface area contributed by atoms with Crippen LogP contribution in [0.3, 0.4) is 0 Å². The quantitative estimate of drug-likeness (QED) is 0.831. The third-order valence-corrected chi connectivity index (χ3v) is 3.49. The van der Waals surface area contributed by atoms with Crippen molar-refractivity contribution in [2.45, 2.75) is 18.9 Å². The molecule has 0 aromatic heterocycles. The molecular weight excluding hydrogens is 230 g/mol. The Kier molecular flexibility index (Phi) is 4.33.